The summed E-state index contributed by atoms with van der Waals surface area (Å²) in [4.78, 5) is 31.2. The third-order valence-corrected chi connectivity index (χ3v) is 25.7. The van der Waals surface area contributed by atoms with Crippen LogP contribution in [0.4, 0.5) is 0 Å². The fraction of sp³-hybridized carbons (Fsp3) is 0.561. The molecule has 4 aromatic rings. The Morgan fingerprint density at radius 1 is 0.777 bits per heavy atom. The van der Waals surface area contributed by atoms with Crippen LogP contribution in [0.5, 0.6) is 5.75 Å². The highest BCUT2D eigenvalue weighted by Gasteiger charge is 2.69. The third kappa shape index (κ3) is 11.5. The number of benzene rings is 4. The number of esters is 2. The van der Waals surface area contributed by atoms with Crippen LogP contribution in [0.1, 0.15) is 176 Å². The van der Waals surface area contributed by atoms with Gasteiger partial charge in [-0.2, -0.15) is 0 Å². The van der Waals surface area contributed by atoms with Gasteiger partial charge in [0, 0.05) is 49.2 Å². The lowest BCUT2D eigenvalue weighted by Crippen LogP contribution is -2.54. The monoisotopic (exact) mass is 1270 g/mol. The molecule has 14 bridgehead atoms. The number of hydrogen-bond acceptors (Lipinski definition) is 12. The van der Waals surface area contributed by atoms with E-state index in [0.29, 0.717) is 55.4 Å². The number of carbonyl (C=O) groups excluding carboxylic acids is 2. The zero-order chi connectivity index (χ0) is 64.5. The Labute approximate surface area is 558 Å². The maximum atomic E-state index is 15.7. The van der Waals surface area contributed by atoms with Crippen LogP contribution >= 0.6 is 0 Å². The zero-order valence-corrected chi connectivity index (χ0v) is 56.1. The van der Waals surface area contributed by atoms with Crippen LogP contribution in [-0.2, 0) is 45.0 Å². The summed E-state index contributed by atoms with van der Waals surface area (Å²) in [5, 5.41) is 56.9. The Morgan fingerprint density at radius 2 is 1.65 bits per heavy atom. The van der Waals surface area contributed by atoms with E-state index in [-0.39, 0.29) is 88.6 Å². The van der Waals surface area contributed by atoms with Gasteiger partial charge in [-0.3, -0.25) is 0 Å². The van der Waals surface area contributed by atoms with Crippen molar-refractivity contribution >= 4 is 17.5 Å². The smallest absolute Gasteiger partial charge is 0.340 e. The number of aliphatic hydroxyl groups is 2. The van der Waals surface area contributed by atoms with E-state index >= 15 is 9.59 Å². The van der Waals surface area contributed by atoms with Gasteiger partial charge in [0.15, 0.2) is 0 Å². The standard InChI is InChI=1S/C82H101N5O7/c1-5-34-84-48-54-38-52-28-35-85-47-53-16-12-17-55(40-53)60-23-21-59(88)44-65(60)72-62-26-33-81(70(94-78(90)75(72)81)42-50(6-2)37-51-14-8-7-9-15-51)74-63(62)24-25-64-69(93-77(89)73(64)74)27-32-80(58-29-36-86-71(43-58)83-4)45-66-61-22-20-57-18-10-11-31-82(57,92)68(61)19-13-30-79(3,91)49-87-76(67(66)46-80)56(39-52)41-54/h7-9,12,14-17,21,23,27,38-42,44,50,57-58,61-63,66-68,71,74,76,83-88,91-92H,5-6,10-11,18,20,22,24-26,28-37,43,45-49H2,1-4H3/b69-27-,70-42-/t50-,57-,58-,61+,62-,63+,66+,67+,68+,71+,74-,76+,79-,80-,81-,82+/m1/s1. The lowest BCUT2D eigenvalue weighted by molar-refractivity contribution is -0.135. The molecule has 7 aliphatic carbocycles. The van der Waals surface area contributed by atoms with E-state index in [1.807, 2.05) is 19.1 Å². The van der Waals surface area contributed by atoms with Crippen molar-refractivity contribution in [1.82, 2.24) is 26.6 Å². The van der Waals surface area contributed by atoms with Crippen LogP contribution in [0.15, 0.2) is 131 Å². The first-order valence-electron chi connectivity index (χ1n) is 36.6. The molecule has 6 heterocycles. The van der Waals surface area contributed by atoms with Crippen molar-refractivity contribution in [3.63, 3.8) is 0 Å². The molecule has 0 radical (unpaired) electrons. The van der Waals surface area contributed by atoms with Crippen LogP contribution in [0.3, 0.4) is 0 Å². The van der Waals surface area contributed by atoms with Crippen molar-refractivity contribution in [2.75, 3.05) is 33.2 Å². The van der Waals surface area contributed by atoms with E-state index in [9.17, 15) is 15.3 Å². The number of β-amino-alcohol motifs (C(OH)–C–C–N with tert-alkyl or cyclic N) is 1. The Balaban J connectivity index is 0.928. The molecule has 0 amide bonds. The number of ether oxygens (including phenoxy) is 2. The summed E-state index contributed by atoms with van der Waals surface area (Å²) in [6.45, 7) is 10.7. The summed E-state index contributed by atoms with van der Waals surface area (Å²) < 4.78 is 13.8. The molecule has 2 saturated heterocycles. The average Bonchev–Trinajstić information content (AvgIpc) is 1.39. The van der Waals surface area contributed by atoms with Gasteiger partial charge in [0.2, 0.25) is 0 Å². The minimum absolute atomic E-state index is 0.00404. The molecule has 16 atom stereocenters. The van der Waals surface area contributed by atoms with E-state index in [4.69, 9.17) is 9.47 Å². The molecule has 4 aromatic carbocycles. The molecule has 12 nitrogen and oxygen atoms in total. The first-order chi connectivity index (χ1) is 45.7. The second-order valence-corrected chi connectivity index (χ2v) is 31.2. The fourth-order valence-corrected chi connectivity index (χ4v) is 21.4. The molecule has 12 heteroatoms. The van der Waals surface area contributed by atoms with Gasteiger partial charge in [-0.15, -0.1) is 0 Å². The van der Waals surface area contributed by atoms with E-state index < -0.39 is 16.6 Å². The number of aromatic hydroxyl groups is 1. The highest BCUT2D eigenvalue weighted by Crippen LogP contribution is 2.73. The topological polar surface area (TPSA) is 173 Å². The minimum Gasteiger partial charge on any atom is -0.508 e. The normalized spacial score (nSPS) is 36.5. The number of hydrogen-bond donors (Lipinski definition) is 8. The highest BCUT2D eigenvalue weighted by atomic mass is 16.6. The molecule has 6 fully saturated rings. The molecule has 13 aliphatic rings. The first-order valence-corrected chi connectivity index (χ1v) is 36.6. The van der Waals surface area contributed by atoms with E-state index in [2.05, 4.69) is 144 Å². The van der Waals surface area contributed by atoms with E-state index in [0.717, 1.165) is 174 Å². The molecule has 0 unspecified atom stereocenters. The lowest BCUT2D eigenvalue weighted by atomic mass is 9.44. The molecule has 6 aliphatic heterocycles. The average molecular weight is 1270 g/mol. The van der Waals surface area contributed by atoms with Gasteiger partial charge in [-0.25, -0.2) is 9.59 Å². The van der Waals surface area contributed by atoms with Crippen molar-refractivity contribution in [2.24, 2.45) is 70.0 Å². The zero-order valence-electron chi connectivity index (χ0n) is 56.1. The van der Waals surface area contributed by atoms with Crippen molar-refractivity contribution in [2.45, 2.75) is 186 Å². The molecule has 8 N–H and O–H groups in total. The number of phenolic OH excluding ortho intramolecular Hbond substituents is 1. The van der Waals surface area contributed by atoms with Crippen LogP contribution in [0, 0.1) is 81.8 Å². The lowest BCUT2D eigenvalue weighted by Gasteiger charge is -2.56. The Morgan fingerprint density at radius 3 is 2.50 bits per heavy atom. The summed E-state index contributed by atoms with van der Waals surface area (Å²) in [6, 6.07) is 32.2. The number of allylic oxidation sites excluding steroid dienone is 5. The predicted octanol–water partition coefficient (Wildman–Crippen LogP) is 13.2. The number of carbonyl (C=O) groups is 2. The fourth-order valence-electron chi connectivity index (χ4n) is 21.4. The van der Waals surface area contributed by atoms with Gasteiger partial charge in [0.25, 0.3) is 0 Å². The number of phenols is 1. The van der Waals surface area contributed by atoms with Crippen molar-refractivity contribution in [1.29, 1.82) is 0 Å². The van der Waals surface area contributed by atoms with E-state index in [1.54, 1.807) is 6.07 Å². The quantitative estimate of drug-likeness (QED) is 0.0430. The summed E-state index contributed by atoms with van der Waals surface area (Å²) in [6.07, 6.45) is 22.0. The number of rotatable bonds is 10. The molecule has 0 aromatic heterocycles. The molecular formula is C82H101N5O7. The molecule has 17 rings (SSSR count). The SMILES string of the molecule is CCCNCc1cc2cc(c1)[C@@H]1NC[C@](C)(O)CC#C[C@H]3[C@@H](CC[C@H]4CCCC[C@]43O)[C@@H]3C[C@]([C@@H]4CCN[C@H](NC)C4)(C/C=C4\OC(=O)C5=C4CC[C@H]4[C@H]6CC[C@]7(C(=C6c6cc(O)ccc6-c6cccc(c6)CNCC2)C(=O)O/C7=C\[C@H](CC)Cc2ccccc2)[C@@H]54)C[C@@H]31. The number of cyclic esters (lactones) is 1. The molecule has 1 spiro atoms. The number of piperidine rings is 1. The minimum atomic E-state index is -1.12. The Bertz CT molecular complexity index is 3760. The summed E-state index contributed by atoms with van der Waals surface area (Å²) in [5.41, 5.74) is 9.14. The first kappa shape index (κ1) is 63.9. The Hall–Kier alpha value is -6.14. The van der Waals surface area contributed by atoms with Gasteiger partial charge in [-0.05, 0) is 276 Å². The summed E-state index contributed by atoms with van der Waals surface area (Å²) in [7, 11) is 2.08. The second kappa shape index (κ2) is 26.0. The summed E-state index contributed by atoms with van der Waals surface area (Å²) >= 11 is 0. The van der Waals surface area contributed by atoms with Crippen LogP contribution in [0.25, 0.3) is 16.7 Å². The molecular weight excluding hydrogens is 1170 g/mol. The molecule has 94 heavy (non-hydrogen) atoms. The highest BCUT2D eigenvalue weighted by molar-refractivity contribution is 6.07. The van der Waals surface area contributed by atoms with E-state index in [1.165, 1.54) is 22.3 Å². The van der Waals surface area contributed by atoms with Crippen LogP contribution in [-0.4, -0.2) is 77.9 Å². The Kier molecular flexibility index (Phi) is 17.7. The van der Waals surface area contributed by atoms with Crippen LogP contribution in [0.2, 0.25) is 0 Å². The maximum absolute atomic E-state index is 15.7. The van der Waals surface area contributed by atoms with Crippen molar-refractivity contribution in [3.8, 4) is 28.7 Å². The van der Waals surface area contributed by atoms with Gasteiger partial charge in [-0.1, -0.05) is 111 Å². The van der Waals surface area contributed by atoms with Gasteiger partial charge < -0.3 is 51.4 Å². The number of nitrogens with one attached hydrogen (secondary N) is 5. The molecule has 496 valence electrons. The van der Waals surface area contributed by atoms with Gasteiger partial charge >= 0.3 is 11.9 Å². The van der Waals surface area contributed by atoms with Crippen molar-refractivity contribution < 1.29 is 34.4 Å². The second-order valence-electron chi connectivity index (χ2n) is 31.2. The van der Waals surface area contributed by atoms with Crippen LogP contribution < -0.4 is 26.6 Å². The molecule has 4 saturated carbocycles. The number of fused-ring (bicyclic) bond motifs is 9. The summed E-state index contributed by atoms with van der Waals surface area (Å²) in [5.74, 6) is 8.73. The van der Waals surface area contributed by atoms with Crippen molar-refractivity contribution in [3.05, 3.63) is 165 Å². The van der Waals surface area contributed by atoms with Gasteiger partial charge in [0.05, 0.1) is 34.3 Å². The largest absolute Gasteiger partial charge is 0.508 e. The van der Waals surface area contributed by atoms with Gasteiger partial charge in [0.1, 0.15) is 17.3 Å². The maximum Gasteiger partial charge on any atom is 0.340 e. The predicted molar refractivity (Wildman–Crippen MR) is 369 cm³/mol. The third-order valence-electron chi connectivity index (χ3n) is 25.7.